The fraction of sp³-hybridized carbons (Fsp3) is 0.143. The Bertz CT molecular complexity index is 695. The molecule has 1 aromatic carbocycles. The second-order valence-electron chi connectivity index (χ2n) is 4.60. The standard InChI is InChI=1S/C14H11BrN2O3/c15-8-5-11(16-6-8)13(18)17-7-10(14(19)20)9-3-1-2-4-12(9)17/h1-6,10,16H,7H2,(H,19,20)/t10-/m1/s1. The molecule has 102 valence electrons. The first-order valence-electron chi connectivity index (χ1n) is 6.05. The van der Waals surface area contributed by atoms with Crippen molar-refractivity contribution in [1.82, 2.24) is 4.98 Å². The molecule has 1 aliphatic heterocycles. The average molecular weight is 335 g/mol. The molecule has 2 N–H and O–H groups in total. The summed E-state index contributed by atoms with van der Waals surface area (Å²) >= 11 is 3.28. The Balaban J connectivity index is 2.00. The molecule has 0 unspecified atom stereocenters. The Morgan fingerprint density at radius 3 is 2.75 bits per heavy atom. The van der Waals surface area contributed by atoms with Gasteiger partial charge < -0.3 is 15.0 Å². The molecule has 1 aliphatic rings. The van der Waals surface area contributed by atoms with Gasteiger partial charge in [0.25, 0.3) is 5.91 Å². The van der Waals surface area contributed by atoms with Crippen molar-refractivity contribution >= 4 is 33.5 Å². The van der Waals surface area contributed by atoms with Crippen LogP contribution in [0.4, 0.5) is 5.69 Å². The monoisotopic (exact) mass is 334 g/mol. The highest BCUT2D eigenvalue weighted by atomic mass is 79.9. The SMILES string of the molecule is O=C(O)[C@@H]1CN(C(=O)c2cc(Br)c[nH]2)c2ccccc21. The number of aliphatic carboxylic acids is 1. The second kappa shape index (κ2) is 4.79. The fourth-order valence-electron chi connectivity index (χ4n) is 2.45. The van der Waals surface area contributed by atoms with Crippen molar-refractivity contribution in [2.24, 2.45) is 0 Å². The number of carbonyl (C=O) groups excluding carboxylic acids is 1. The molecule has 0 aliphatic carbocycles. The van der Waals surface area contributed by atoms with Crippen LogP contribution >= 0.6 is 15.9 Å². The van der Waals surface area contributed by atoms with Crippen molar-refractivity contribution in [2.75, 3.05) is 11.4 Å². The van der Waals surface area contributed by atoms with Crippen LogP contribution in [0.25, 0.3) is 0 Å². The summed E-state index contributed by atoms with van der Waals surface area (Å²) in [5.41, 5.74) is 1.77. The summed E-state index contributed by atoms with van der Waals surface area (Å²) in [6, 6.07) is 8.79. The van der Waals surface area contributed by atoms with Crippen LogP contribution in [0.5, 0.6) is 0 Å². The van der Waals surface area contributed by atoms with Gasteiger partial charge in [0.2, 0.25) is 0 Å². The number of rotatable bonds is 2. The Morgan fingerprint density at radius 1 is 1.35 bits per heavy atom. The number of nitrogens with zero attached hydrogens (tertiary/aromatic N) is 1. The lowest BCUT2D eigenvalue weighted by Crippen LogP contribution is -2.31. The first-order chi connectivity index (χ1) is 9.58. The normalized spacial score (nSPS) is 17.1. The van der Waals surface area contributed by atoms with Crippen molar-refractivity contribution in [2.45, 2.75) is 5.92 Å². The van der Waals surface area contributed by atoms with Crippen molar-refractivity contribution in [3.8, 4) is 0 Å². The Kier molecular flexibility index (Phi) is 3.10. The van der Waals surface area contributed by atoms with Gasteiger partial charge in [-0.25, -0.2) is 0 Å². The molecular formula is C14H11BrN2O3. The molecule has 0 saturated heterocycles. The quantitative estimate of drug-likeness (QED) is 0.886. The van der Waals surface area contributed by atoms with E-state index in [0.29, 0.717) is 16.9 Å². The minimum Gasteiger partial charge on any atom is -0.481 e. The predicted octanol–water partition coefficient (Wildman–Crippen LogP) is 2.61. The summed E-state index contributed by atoms with van der Waals surface area (Å²) in [4.78, 5) is 28.2. The van der Waals surface area contributed by atoms with Gasteiger partial charge in [0.15, 0.2) is 0 Å². The van der Waals surface area contributed by atoms with E-state index in [4.69, 9.17) is 0 Å². The number of carboxylic acids is 1. The van der Waals surface area contributed by atoms with Crippen LogP contribution in [-0.4, -0.2) is 28.5 Å². The van der Waals surface area contributed by atoms with Gasteiger partial charge in [0.05, 0.1) is 0 Å². The number of para-hydroxylation sites is 1. The number of carboxylic acid groups (broad SMARTS) is 1. The molecule has 1 aromatic heterocycles. The molecule has 20 heavy (non-hydrogen) atoms. The van der Waals surface area contributed by atoms with Gasteiger partial charge in [0.1, 0.15) is 11.6 Å². The summed E-state index contributed by atoms with van der Waals surface area (Å²) in [7, 11) is 0. The number of aromatic amines is 1. The van der Waals surface area contributed by atoms with Crippen LogP contribution in [0.2, 0.25) is 0 Å². The second-order valence-corrected chi connectivity index (χ2v) is 5.51. The summed E-state index contributed by atoms with van der Waals surface area (Å²) in [6.07, 6.45) is 1.67. The van der Waals surface area contributed by atoms with Crippen LogP contribution in [0.3, 0.4) is 0 Å². The molecule has 1 atom stereocenters. The molecule has 0 spiro atoms. The topological polar surface area (TPSA) is 73.4 Å². The number of nitrogens with one attached hydrogen (secondary N) is 1. The van der Waals surface area contributed by atoms with Gasteiger partial charge >= 0.3 is 5.97 Å². The third kappa shape index (κ3) is 2.02. The highest BCUT2D eigenvalue weighted by Gasteiger charge is 2.36. The van der Waals surface area contributed by atoms with Crippen LogP contribution < -0.4 is 4.90 Å². The predicted molar refractivity (Wildman–Crippen MR) is 77.0 cm³/mol. The van der Waals surface area contributed by atoms with Crippen LogP contribution in [0.15, 0.2) is 41.0 Å². The molecule has 3 rings (SSSR count). The lowest BCUT2D eigenvalue weighted by molar-refractivity contribution is -0.138. The summed E-state index contributed by atoms with van der Waals surface area (Å²) in [6.45, 7) is 0.157. The van der Waals surface area contributed by atoms with Crippen LogP contribution in [-0.2, 0) is 4.79 Å². The van der Waals surface area contributed by atoms with Gasteiger partial charge in [-0.1, -0.05) is 18.2 Å². The number of hydrogen-bond acceptors (Lipinski definition) is 2. The van der Waals surface area contributed by atoms with Gasteiger partial charge in [-0.3, -0.25) is 9.59 Å². The first-order valence-corrected chi connectivity index (χ1v) is 6.84. The fourth-order valence-corrected chi connectivity index (χ4v) is 2.79. The number of aromatic nitrogens is 1. The Hall–Kier alpha value is -2.08. The van der Waals surface area contributed by atoms with E-state index in [1.807, 2.05) is 0 Å². The third-order valence-electron chi connectivity index (χ3n) is 3.39. The average Bonchev–Trinajstić information content (AvgIpc) is 3.02. The number of halogens is 1. The van der Waals surface area contributed by atoms with Gasteiger partial charge in [0, 0.05) is 22.9 Å². The molecular weight excluding hydrogens is 324 g/mol. The highest BCUT2D eigenvalue weighted by Crippen LogP contribution is 2.37. The first kappa shape index (κ1) is 12.9. The summed E-state index contributed by atoms with van der Waals surface area (Å²) in [5, 5.41) is 9.28. The zero-order chi connectivity index (χ0) is 14.3. The molecule has 6 heteroatoms. The zero-order valence-electron chi connectivity index (χ0n) is 10.3. The zero-order valence-corrected chi connectivity index (χ0v) is 11.9. The van der Waals surface area contributed by atoms with E-state index in [9.17, 15) is 14.7 Å². The van der Waals surface area contributed by atoms with Crippen molar-refractivity contribution in [3.05, 3.63) is 52.3 Å². The van der Waals surface area contributed by atoms with Gasteiger partial charge in [-0.05, 0) is 33.6 Å². The van der Waals surface area contributed by atoms with Gasteiger partial charge in [-0.15, -0.1) is 0 Å². The van der Waals surface area contributed by atoms with Crippen LogP contribution in [0.1, 0.15) is 22.0 Å². The molecule has 5 nitrogen and oxygen atoms in total. The number of hydrogen-bond donors (Lipinski definition) is 2. The molecule has 0 bridgehead atoms. The summed E-state index contributed by atoms with van der Waals surface area (Å²) < 4.78 is 0.781. The number of amides is 1. The van der Waals surface area contributed by atoms with Crippen molar-refractivity contribution < 1.29 is 14.7 Å². The van der Waals surface area contributed by atoms with E-state index in [1.165, 1.54) is 4.90 Å². The Morgan fingerprint density at radius 2 is 2.10 bits per heavy atom. The Labute approximate surface area is 123 Å². The largest absolute Gasteiger partial charge is 0.481 e. The maximum atomic E-state index is 12.5. The van der Waals surface area contributed by atoms with E-state index in [0.717, 1.165) is 4.47 Å². The maximum absolute atomic E-state index is 12.5. The number of H-pyrrole nitrogens is 1. The lowest BCUT2D eigenvalue weighted by atomic mass is 10.0. The smallest absolute Gasteiger partial charge is 0.312 e. The lowest BCUT2D eigenvalue weighted by Gasteiger charge is -2.16. The molecule has 2 heterocycles. The van der Waals surface area contributed by atoms with E-state index in [1.54, 1.807) is 36.5 Å². The summed E-state index contributed by atoms with van der Waals surface area (Å²) in [5.74, 6) is -1.82. The van der Waals surface area contributed by atoms with E-state index in [-0.39, 0.29) is 12.5 Å². The number of anilines is 1. The number of fused-ring (bicyclic) bond motifs is 1. The molecule has 0 radical (unpaired) electrons. The van der Waals surface area contributed by atoms with Crippen molar-refractivity contribution in [1.29, 1.82) is 0 Å². The van der Waals surface area contributed by atoms with Gasteiger partial charge in [-0.2, -0.15) is 0 Å². The minimum absolute atomic E-state index is 0.157. The third-order valence-corrected chi connectivity index (χ3v) is 3.85. The highest BCUT2D eigenvalue weighted by molar-refractivity contribution is 9.10. The molecule has 0 saturated carbocycles. The molecule has 2 aromatic rings. The number of carbonyl (C=O) groups is 2. The van der Waals surface area contributed by atoms with Crippen LogP contribution in [0, 0.1) is 0 Å². The van der Waals surface area contributed by atoms with E-state index >= 15 is 0 Å². The molecule has 0 fully saturated rings. The minimum atomic E-state index is -0.916. The maximum Gasteiger partial charge on any atom is 0.312 e. The van der Waals surface area contributed by atoms with Crippen molar-refractivity contribution in [3.63, 3.8) is 0 Å². The van der Waals surface area contributed by atoms with E-state index < -0.39 is 11.9 Å². The molecule has 1 amide bonds. The van der Waals surface area contributed by atoms with E-state index in [2.05, 4.69) is 20.9 Å². The number of benzene rings is 1.